The summed E-state index contributed by atoms with van der Waals surface area (Å²) in [6.07, 6.45) is 2.65. The number of aryl methyl sites for hydroxylation is 1. The van der Waals surface area contributed by atoms with Gasteiger partial charge in [-0.1, -0.05) is 38.0 Å². The van der Waals surface area contributed by atoms with Gasteiger partial charge in [0.15, 0.2) is 0 Å². The van der Waals surface area contributed by atoms with Gasteiger partial charge in [-0.15, -0.1) is 0 Å². The molecule has 27 heavy (non-hydrogen) atoms. The lowest BCUT2D eigenvalue weighted by Crippen LogP contribution is -2.48. The molecular weight excluding hydrogens is 346 g/mol. The van der Waals surface area contributed by atoms with Crippen LogP contribution in [0, 0.1) is 5.92 Å². The Balaban J connectivity index is 1.71. The Morgan fingerprint density at radius 2 is 2.04 bits per heavy atom. The van der Waals surface area contributed by atoms with Gasteiger partial charge in [-0.3, -0.25) is 14.4 Å². The number of carbonyl (C=O) groups is 3. The van der Waals surface area contributed by atoms with Gasteiger partial charge in [0.2, 0.25) is 5.91 Å². The number of rotatable bonds is 8. The number of hydrogen-bond acceptors (Lipinski definition) is 3. The number of carbonyl (C=O) groups excluding carboxylic acids is 2. The highest BCUT2D eigenvalue weighted by atomic mass is 16.4. The molecule has 1 aromatic carbocycles. The summed E-state index contributed by atoms with van der Waals surface area (Å²) in [5, 5.41) is 15.5. The molecule has 2 aromatic rings. The summed E-state index contributed by atoms with van der Waals surface area (Å²) in [6, 6.07) is 8.49. The molecule has 1 aliphatic carbocycles. The molecule has 0 saturated heterocycles. The lowest BCUT2D eigenvalue weighted by Gasteiger charge is -2.18. The molecule has 0 bridgehead atoms. The van der Waals surface area contributed by atoms with Crippen LogP contribution < -0.4 is 10.6 Å². The van der Waals surface area contributed by atoms with Gasteiger partial charge >= 0.3 is 5.97 Å². The Morgan fingerprint density at radius 1 is 1.30 bits per heavy atom. The van der Waals surface area contributed by atoms with Crippen molar-refractivity contribution in [3.63, 3.8) is 0 Å². The molecule has 0 aliphatic heterocycles. The summed E-state index contributed by atoms with van der Waals surface area (Å²) in [5.74, 6) is -2.04. The molecule has 1 fully saturated rings. The number of benzene rings is 1. The summed E-state index contributed by atoms with van der Waals surface area (Å²) < 4.78 is 1.81. The summed E-state index contributed by atoms with van der Waals surface area (Å²) in [6.45, 7) is 2.02. The molecule has 3 atom stereocenters. The van der Waals surface area contributed by atoms with E-state index in [9.17, 15) is 14.4 Å². The van der Waals surface area contributed by atoms with E-state index in [1.54, 1.807) is 10.6 Å². The fourth-order valence-electron chi connectivity index (χ4n) is 3.33. The van der Waals surface area contributed by atoms with Gasteiger partial charge < -0.3 is 20.3 Å². The zero-order valence-electron chi connectivity index (χ0n) is 15.6. The first-order chi connectivity index (χ1) is 12.9. The lowest BCUT2D eigenvalue weighted by molar-refractivity contribution is -0.138. The Morgan fingerprint density at radius 3 is 2.67 bits per heavy atom. The number of carboxylic acids is 1. The molecule has 3 N–H and O–H groups in total. The van der Waals surface area contributed by atoms with Gasteiger partial charge in [0, 0.05) is 24.0 Å². The van der Waals surface area contributed by atoms with Crippen molar-refractivity contribution >= 4 is 28.7 Å². The SMILES string of the molecule is CCCC[C@H](NC(=O)c1cc2ccccc2n1C)C(=O)NC1CC1C(=O)O. The molecule has 1 aromatic heterocycles. The van der Waals surface area contributed by atoms with Crippen molar-refractivity contribution in [2.24, 2.45) is 13.0 Å². The highest BCUT2D eigenvalue weighted by Gasteiger charge is 2.45. The number of aliphatic carboxylic acids is 1. The van der Waals surface area contributed by atoms with Crippen LogP contribution in [0.3, 0.4) is 0 Å². The van der Waals surface area contributed by atoms with Crippen LogP contribution in [0.5, 0.6) is 0 Å². The number of hydrogen-bond donors (Lipinski definition) is 3. The van der Waals surface area contributed by atoms with Crippen molar-refractivity contribution in [3.05, 3.63) is 36.0 Å². The van der Waals surface area contributed by atoms with Gasteiger partial charge in [-0.2, -0.15) is 0 Å². The number of carboxylic acid groups (broad SMARTS) is 1. The molecule has 0 spiro atoms. The molecule has 7 nitrogen and oxygen atoms in total. The van der Waals surface area contributed by atoms with Crippen LogP contribution in [0.1, 0.15) is 43.1 Å². The average molecular weight is 371 g/mol. The minimum absolute atomic E-state index is 0.310. The van der Waals surface area contributed by atoms with Gasteiger partial charge in [0.25, 0.3) is 5.91 Å². The topological polar surface area (TPSA) is 100 Å². The Bertz CT molecular complexity index is 873. The quantitative estimate of drug-likeness (QED) is 0.661. The third-order valence-electron chi connectivity index (χ3n) is 5.09. The highest BCUT2D eigenvalue weighted by Crippen LogP contribution is 2.30. The van der Waals surface area contributed by atoms with Crippen LogP contribution >= 0.6 is 0 Å². The normalized spacial score (nSPS) is 19.5. The second-order valence-corrected chi connectivity index (χ2v) is 7.11. The van der Waals surface area contributed by atoms with Gasteiger partial charge in [0.05, 0.1) is 5.92 Å². The fourth-order valence-corrected chi connectivity index (χ4v) is 3.33. The number of aromatic nitrogens is 1. The zero-order valence-corrected chi connectivity index (χ0v) is 15.6. The predicted molar refractivity (Wildman–Crippen MR) is 101 cm³/mol. The fraction of sp³-hybridized carbons (Fsp3) is 0.450. The van der Waals surface area contributed by atoms with Crippen molar-refractivity contribution < 1.29 is 19.5 Å². The number of fused-ring (bicyclic) bond motifs is 1. The molecule has 1 aliphatic rings. The van der Waals surface area contributed by atoms with E-state index in [4.69, 9.17) is 5.11 Å². The van der Waals surface area contributed by atoms with E-state index in [1.165, 1.54) is 0 Å². The molecule has 144 valence electrons. The first-order valence-electron chi connectivity index (χ1n) is 9.30. The lowest BCUT2D eigenvalue weighted by atomic mass is 10.1. The maximum Gasteiger partial charge on any atom is 0.308 e. The van der Waals surface area contributed by atoms with E-state index in [1.807, 2.05) is 38.2 Å². The van der Waals surface area contributed by atoms with Crippen LogP contribution in [0.15, 0.2) is 30.3 Å². The van der Waals surface area contributed by atoms with Crippen LogP contribution in [0.25, 0.3) is 10.9 Å². The molecule has 1 saturated carbocycles. The first-order valence-corrected chi connectivity index (χ1v) is 9.30. The van der Waals surface area contributed by atoms with Crippen molar-refractivity contribution in [2.45, 2.75) is 44.7 Å². The Kier molecular flexibility index (Phi) is 5.48. The summed E-state index contributed by atoms with van der Waals surface area (Å²) in [7, 11) is 1.82. The number of nitrogens with zero attached hydrogens (tertiary/aromatic N) is 1. The third kappa shape index (κ3) is 4.13. The van der Waals surface area contributed by atoms with Gasteiger partial charge in [-0.05, 0) is 25.0 Å². The molecule has 3 rings (SSSR count). The molecule has 0 radical (unpaired) electrons. The standard InChI is InChI=1S/C20H25N3O4/c1-3-4-8-14(18(24)22-15-11-13(15)20(26)27)21-19(25)17-10-12-7-5-6-9-16(12)23(17)2/h5-7,9-10,13-15H,3-4,8,11H2,1-2H3,(H,21,25)(H,22,24)(H,26,27)/t13?,14-,15?/m0/s1. The smallest absolute Gasteiger partial charge is 0.308 e. The van der Waals surface area contributed by atoms with Crippen LogP contribution in [-0.2, 0) is 16.6 Å². The second-order valence-electron chi connectivity index (χ2n) is 7.11. The molecule has 7 heteroatoms. The van der Waals surface area contributed by atoms with Crippen molar-refractivity contribution in [2.75, 3.05) is 0 Å². The minimum Gasteiger partial charge on any atom is -0.481 e. The maximum absolute atomic E-state index is 12.8. The van der Waals surface area contributed by atoms with Crippen LogP contribution in [0.4, 0.5) is 0 Å². The van der Waals surface area contributed by atoms with Gasteiger partial charge in [-0.25, -0.2) is 0 Å². The van der Waals surface area contributed by atoms with E-state index in [-0.39, 0.29) is 17.9 Å². The van der Waals surface area contributed by atoms with E-state index in [2.05, 4.69) is 10.6 Å². The third-order valence-corrected chi connectivity index (χ3v) is 5.09. The van der Waals surface area contributed by atoms with Crippen LogP contribution in [0.2, 0.25) is 0 Å². The summed E-state index contributed by atoms with van der Waals surface area (Å²) in [5.41, 5.74) is 1.43. The van der Waals surface area contributed by atoms with Gasteiger partial charge in [0.1, 0.15) is 11.7 Å². The van der Waals surface area contributed by atoms with Crippen molar-refractivity contribution in [3.8, 4) is 0 Å². The van der Waals surface area contributed by atoms with E-state index in [0.29, 0.717) is 18.5 Å². The van der Waals surface area contributed by atoms with Crippen molar-refractivity contribution in [1.82, 2.24) is 15.2 Å². The molecular formula is C20H25N3O4. The van der Waals surface area contributed by atoms with E-state index in [0.717, 1.165) is 23.7 Å². The molecule has 2 unspecified atom stereocenters. The van der Waals surface area contributed by atoms with Crippen LogP contribution in [-0.4, -0.2) is 39.5 Å². The number of para-hydroxylation sites is 1. The van der Waals surface area contributed by atoms with E-state index >= 15 is 0 Å². The first kappa shape index (κ1) is 18.9. The minimum atomic E-state index is -0.898. The summed E-state index contributed by atoms with van der Waals surface area (Å²) in [4.78, 5) is 36.3. The van der Waals surface area contributed by atoms with Crippen molar-refractivity contribution in [1.29, 1.82) is 0 Å². The second kappa shape index (κ2) is 7.82. The average Bonchev–Trinajstić information content (AvgIpc) is 3.34. The zero-order chi connectivity index (χ0) is 19.6. The maximum atomic E-state index is 12.8. The largest absolute Gasteiger partial charge is 0.481 e. The summed E-state index contributed by atoms with van der Waals surface area (Å²) >= 11 is 0. The number of unbranched alkanes of at least 4 members (excludes halogenated alkanes) is 1. The molecule has 2 amide bonds. The highest BCUT2D eigenvalue weighted by molar-refractivity contribution is 6.00. The predicted octanol–water partition coefficient (Wildman–Crippen LogP) is 2.06. The van der Waals surface area contributed by atoms with E-state index < -0.39 is 17.9 Å². The monoisotopic (exact) mass is 371 g/mol. The Hall–Kier alpha value is -2.83. The molecule has 1 heterocycles. The Labute approximate surface area is 157 Å². The number of nitrogens with one attached hydrogen (secondary N) is 2. The number of amides is 2.